The van der Waals surface area contributed by atoms with Crippen LogP contribution >= 0.6 is 0 Å². The highest BCUT2D eigenvalue weighted by molar-refractivity contribution is 5.72. The molecule has 12 heavy (non-hydrogen) atoms. The van der Waals surface area contributed by atoms with Gasteiger partial charge in [-0.2, -0.15) is 0 Å². The lowest BCUT2D eigenvalue weighted by Crippen LogP contribution is -2.36. The van der Waals surface area contributed by atoms with Crippen LogP contribution in [0.3, 0.4) is 0 Å². The van der Waals surface area contributed by atoms with Gasteiger partial charge >= 0.3 is 0 Å². The van der Waals surface area contributed by atoms with Gasteiger partial charge in [-0.05, 0) is 18.6 Å². The maximum absolute atomic E-state index is 10.3. The fraction of sp³-hybridized carbons (Fsp3) is 0.333. The Morgan fingerprint density at radius 2 is 2.25 bits per heavy atom. The van der Waals surface area contributed by atoms with Gasteiger partial charge < -0.3 is 4.90 Å². The predicted molar refractivity (Wildman–Crippen MR) is 46.5 cm³/mol. The van der Waals surface area contributed by atoms with Gasteiger partial charge in [-0.25, -0.2) is 0 Å². The number of hydrogen-bond acceptors (Lipinski definition) is 3. The highest BCUT2D eigenvalue weighted by atomic mass is 16.1. The zero-order chi connectivity index (χ0) is 8.39. The van der Waals surface area contributed by atoms with Crippen LogP contribution in [0, 0.1) is 0 Å². The maximum Gasteiger partial charge on any atom is 0.168 e. The van der Waals surface area contributed by atoms with Crippen molar-refractivity contribution in [2.75, 3.05) is 18.0 Å². The molecule has 2 heterocycles. The Balaban J connectivity index is 2.18. The number of carbonyl (C=O) groups is 1. The van der Waals surface area contributed by atoms with Crippen LogP contribution in [-0.2, 0) is 0 Å². The molecule has 0 N–H and O–H groups in total. The monoisotopic (exact) mass is 162 g/mol. The van der Waals surface area contributed by atoms with Crippen LogP contribution in [0.25, 0.3) is 0 Å². The van der Waals surface area contributed by atoms with E-state index in [1.807, 2.05) is 6.07 Å². The summed E-state index contributed by atoms with van der Waals surface area (Å²) in [5.41, 5.74) is 1.62. The van der Waals surface area contributed by atoms with E-state index < -0.39 is 0 Å². The molecule has 1 saturated heterocycles. The van der Waals surface area contributed by atoms with Crippen LogP contribution in [0.5, 0.6) is 0 Å². The van der Waals surface area contributed by atoms with E-state index >= 15 is 0 Å². The molecule has 1 aliphatic rings. The molecule has 1 aliphatic heterocycles. The molecule has 3 heteroatoms. The number of aromatic nitrogens is 1. The van der Waals surface area contributed by atoms with Crippen LogP contribution in [0.15, 0.2) is 18.3 Å². The van der Waals surface area contributed by atoms with E-state index in [-0.39, 0.29) is 0 Å². The Kier molecular flexibility index (Phi) is 1.78. The molecule has 1 fully saturated rings. The van der Waals surface area contributed by atoms with Gasteiger partial charge in [0.2, 0.25) is 0 Å². The average Bonchev–Trinajstić information content (AvgIpc) is 2.03. The van der Waals surface area contributed by atoms with Crippen molar-refractivity contribution in [1.29, 1.82) is 0 Å². The summed E-state index contributed by atoms with van der Waals surface area (Å²) in [6, 6.07) is 3.69. The Morgan fingerprint density at radius 1 is 1.42 bits per heavy atom. The first-order valence-corrected chi connectivity index (χ1v) is 4.06. The van der Waals surface area contributed by atoms with Gasteiger partial charge in [0.1, 0.15) is 5.69 Å². The second-order valence-electron chi connectivity index (χ2n) is 2.90. The van der Waals surface area contributed by atoms with Gasteiger partial charge in [-0.3, -0.25) is 9.78 Å². The molecule has 0 atom stereocenters. The molecule has 0 aliphatic carbocycles. The summed E-state index contributed by atoms with van der Waals surface area (Å²) in [7, 11) is 0. The molecule has 0 spiro atoms. The summed E-state index contributed by atoms with van der Waals surface area (Å²) >= 11 is 0. The zero-order valence-electron chi connectivity index (χ0n) is 6.73. The van der Waals surface area contributed by atoms with Crippen LogP contribution in [0.1, 0.15) is 16.9 Å². The standard InChI is InChI=1S/C9H10N2O/c12-7-8-2-3-9(6-10-8)11-4-1-5-11/h2-3,6-7H,1,4-5H2. The van der Waals surface area contributed by atoms with Crippen molar-refractivity contribution in [2.24, 2.45) is 0 Å². The SMILES string of the molecule is O=Cc1ccc(N2CCC2)cn1. The average molecular weight is 162 g/mol. The Morgan fingerprint density at radius 3 is 2.67 bits per heavy atom. The van der Waals surface area contributed by atoms with Crippen LogP contribution < -0.4 is 4.90 Å². The van der Waals surface area contributed by atoms with Gasteiger partial charge in [0.15, 0.2) is 6.29 Å². The number of anilines is 1. The molecule has 62 valence electrons. The molecule has 0 amide bonds. The maximum atomic E-state index is 10.3. The van der Waals surface area contributed by atoms with Crippen molar-refractivity contribution in [3.63, 3.8) is 0 Å². The molecule has 0 aromatic carbocycles. The highest BCUT2D eigenvalue weighted by Gasteiger charge is 2.13. The normalized spacial score (nSPS) is 15.5. The number of hydrogen-bond donors (Lipinski definition) is 0. The zero-order valence-corrected chi connectivity index (χ0v) is 6.73. The van der Waals surface area contributed by atoms with Gasteiger partial charge in [-0.1, -0.05) is 0 Å². The van der Waals surface area contributed by atoms with Crippen LogP contribution in [0.4, 0.5) is 5.69 Å². The van der Waals surface area contributed by atoms with Crippen molar-refractivity contribution in [3.05, 3.63) is 24.0 Å². The van der Waals surface area contributed by atoms with E-state index in [1.165, 1.54) is 6.42 Å². The summed E-state index contributed by atoms with van der Waals surface area (Å²) < 4.78 is 0. The number of nitrogens with zero attached hydrogens (tertiary/aromatic N) is 2. The summed E-state index contributed by atoms with van der Waals surface area (Å²) in [5, 5.41) is 0. The third-order valence-electron chi connectivity index (χ3n) is 2.11. The van der Waals surface area contributed by atoms with Crippen molar-refractivity contribution < 1.29 is 4.79 Å². The summed E-state index contributed by atoms with van der Waals surface area (Å²) in [6.45, 7) is 2.23. The van der Waals surface area contributed by atoms with Gasteiger partial charge in [-0.15, -0.1) is 0 Å². The molecule has 1 aromatic rings. The molecular weight excluding hydrogens is 152 g/mol. The molecule has 1 aromatic heterocycles. The van der Waals surface area contributed by atoms with Gasteiger partial charge in [0.25, 0.3) is 0 Å². The number of pyridine rings is 1. The smallest absolute Gasteiger partial charge is 0.168 e. The van der Waals surface area contributed by atoms with Gasteiger partial charge in [0, 0.05) is 13.1 Å². The fourth-order valence-electron chi connectivity index (χ4n) is 1.23. The second-order valence-corrected chi connectivity index (χ2v) is 2.90. The highest BCUT2D eigenvalue weighted by Crippen LogP contribution is 2.18. The lowest BCUT2D eigenvalue weighted by atomic mass is 10.2. The third kappa shape index (κ3) is 1.18. The number of aldehydes is 1. The number of carbonyl (C=O) groups excluding carboxylic acids is 1. The summed E-state index contributed by atoms with van der Waals surface area (Å²) in [5.74, 6) is 0. The topological polar surface area (TPSA) is 33.2 Å². The van der Waals surface area contributed by atoms with E-state index in [0.29, 0.717) is 5.69 Å². The van der Waals surface area contributed by atoms with Crippen molar-refractivity contribution >= 4 is 12.0 Å². The molecule has 2 rings (SSSR count). The molecule has 0 unspecified atom stereocenters. The molecule has 3 nitrogen and oxygen atoms in total. The quantitative estimate of drug-likeness (QED) is 0.610. The molecule has 0 saturated carbocycles. The van der Waals surface area contributed by atoms with E-state index in [9.17, 15) is 4.79 Å². The Labute approximate surface area is 71.0 Å². The van der Waals surface area contributed by atoms with Crippen molar-refractivity contribution in [3.8, 4) is 0 Å². The fourth-order valence-corrected chi connectivity index (χ4v) is 1.23. The Hall–Kier alpha value is -1.38. The lowest BCUT2D eigenvalue weighted by Gasteiger charge is -2.32. The minimum atomic E-state index is 0.499. The third-order valence-corrected chi connectivity index (χ3v) is 2.11. The lowest BCUT2D eigenvalue weighted by molar-refractivity contribution is 0.111. The molecular formula is C9H10N2O. The van der Waals surface area contributed by atoms with Crippen molar-refractivity contribution in [2.45, 2.75) is 6.42 Å². The molecule has 0 radical (unpaired) electrons. The first-order valence-electron chi connectivity index (χ1n) is 4.06. The predicted octanol–water partition coefficient (Wildman–Crippen LogP) is 1.10. The largest absolute Gasteiger partial charge is 0.370 e. The number of rotatable bonds is 2. The van der Waals surface area contributed by atoms with E-state index in [2.05, 4.69) is 9.88 Å². The van der Waals surface area contributed by atoms with E-state index in [1.54, 1.807) is 12.3 Å². The minimum absolute atomic E-state index is 0.499. The van der Waals surface area contributed by atoms with Gasteiger partial charge in [0.05, 0.1) is 11.9 Å². The summed E-state index contributed by atoms with van der Waals surface area (Å²) in [6.07, 6.45) is 3.78. The van der Waals surface area contributed by atoms with E-state index in [0.717, 1.165) is 25.1 Å². The Bertz CT molecular complexity index is 277. The van der Waals surface area contributed by atoms with Crippen LogP contribution in [-0.4, -0.2) is 24.4 Å². The first kappa shape index (κ1) is 7.28. The second kappa shape index (κ2) is 2.93. The minimum Gasteiger partial charge on any atom is -0.370 e. The first-order chi connectivity index (χ1) is 5.90. The van der Waals surface area contributed by atoms with E-state index in [4.69, 9.17) is 0 Å². The van der Waals surface area contributed by atoms with Crippen molar-refractivity contribution in [1.82, 2.24) is 4.98 Å². The van der Waals surface area contributed by atoms with Crippen LogP contribution in [0.2, 0.25) is 0 Å². The molecule has 0 bridgehead atoms. The summed E-state index contributed by atoms with van der Waals surface area (Å²) in [4.78, 5) is 16.5.